The lowest BCUT2D eigenvalue weighted by molar-refractivity contribution is -0.957. The van der Waals surface area contributed by atoms with Crippen molar-refractivity contribution in [1.82, 2.24) is 4.72 Å². The van der Waals surface area contributed by atoms with Crippen molar-refractivity contribution in [2.24, 2.45) is 0 Å². The third-order valence-electron chi connectivity index (χ3n) is 1.73. The van der Waals surface area contributed by atoms with Gasteiger partial charge in [0.2, 0.25) is 6.73 Å². The molecule has 16 heavy (non-hydrogen) atoms. The first-order valence-electron chi connectivity index (χ1n) is 4.41. The first-order chi connectivity index (χ1) is 7.12. The zero-order valence-electron chi connectivity index (χ0n) is 9.05. The van der Waals surface area contributed by atoms with Gasteiger partial charge in [0.15, 0.2) is 0 Å². The van der Waals surface area contributed by atoms with Gasteiger partial charge in [-0.1, -0.05) is 3.89 Å². The number of nitrogens with one attached hydrogen (secondary N) is 1. The molecule has 96 valence electrons. The second kappa shape index (κ2) is 5.92. The molecule has 0 atom stereocenters. The molecule has 0 radical (unpaired) electrons. The summed E-state index contributed by atoms with van der Waals surface area (Å²) < 4.78 is 34.0. The molecule has 0 saturated carbocycles. The van der Waals surface area contributed by atoms with Gasteiger partial charge in [0.05, 0.1) is 20.6 Å². The third-order valence-corrected chi connectivity index (χ3v) is 2.28. The third kappa shape index (κ3) is 9.55. The van der Waals surface area contributed by atoms with Crippen molar-refractivity contribution in [3.05, 3.63) is 10.1 Å². The molecule has 1 N–H and O–H groups in total. The molecule has 0 unspecified atom stereocenters. The van der Waals surface area contributed by atoms with Gasteiger partial charge in [-0.2, -0.15) is 13.1 Å². The Hall–Kier alpha value is -1.00. The second-order valence-corrected chi connectivity index (χ2v) is 4.99. The maximum Gasteiger partial charge on any atom is 0.372 e. The van der Waals surface area contributed by atoms with Gasteiger partial charge in [-0.05, 0) is 0 Å². The SMILES string of the molecule is C[N+](C)(CCCNS(=O)(=O)F)CO[N+](=O)[O-]. The molecule has 0 fully saturated rings. The molecule has 0 bridgehead atoms. The molecule has 0 aromatic carbocycles. The molecule has 0 aliphatic carbocycles. The zero-order chi connectivity index (χ0) is 12.8. The van der Waals surface area contributed by atoms with Gasteiger partial charge in [0.1, 0.15) is 0 Å². The molecule has 0 aliphatic heterocycles. The highest BCUT2D eigenvalue weighted by Gasteiger charge is 2.17. The first-order valence-corrected chi connectivity index (χ1v) is 5.79. The fourth-order valence-corrected chi connectivity index (χ4v) is 1.36. The highest BCUT2D eigenvalue weighted by Crippen LogP contribution is 1.99. The van der Waals surface area contributed by atoms with Gasteiger partial charge < -0.3 is 4.48 Å². The smallest absolute Gasteiger partial charge is 0.307 e. The fourth-order valence-electron chi connectivity index (χ4n) is 0.969. The summed E-state index contributed by atoms with van der Waals surface area (Å²) in [5, 5.41) is 9.04. The molecule has 0 spiro atoms. The predicted octanol–water partition coefficient (Wildman–Crippen LogP) is -0.577. The minimum absolute atomic E-state index is 0.0566. The summed E-state index contributed by atoms with van der Waals surface area (Å²) in [5.41, 5.74) is 0. The van der Waals surface area contributed by atoms with E-state index in [2.05, 4.69) is 4.84 Å². The predicted molar refractivity (Wildman–Crippen MR) is 52.6 cm³/mol. The topological polar surface area (TPSA) is 98.5 Å². The molecule has 10 heteroatoms. The lowest BCUT2D eigenvalue weighted by atomic mass is 10.4. The Kier molecular flexibility index (Phi) is 5.55. The van der Waals surface area contributed by atoms with Crippen molar-refractivity contribution in [1.29, 1.82) is 0 Å². The lowest BCUT2D eigenvalue weighted by Crippen LogP contribution is -2.44. The minimum Gasteiger partial charge on any atom is -0.307 e. The summed E-state index contributed by atoms with van der Waals surface area (Å²) in [6.45, 7) is 0.213. The van der Waals surface area contributed by atoms with Crippen molar-refractivity contribution >= 4 is 10.4 Å². The molecule has 0 amide bonds. The largest absolute Gasteiger partial charge is 0.372 e. The summed E-state index contributed by atoms with van der Waals surface area (Å²) in [4.78, 5) is 14.1. The van der Waals surface area contributed by atoms with E-state index in [0.717, 1.165) is 0 Å². The van der Waals surface area contributed by atoms with Crippen molar-refractivity contribution in [2.45, 2.75) is 6.42 Å². The van der Waals surface area contributed by atoms with E-state index in [0.29, 0.717) is 13.0 Å². The van der Waals surface area contributed by atoms with E-state index in [1.165, 1.54) is 0 Å². The Morgan fingerprint density at radius 1 is 1.50 bits per heavy atom. The molecule has 0 saturated heterocycles. The monoisotopic (exact) mass is 260 g/mol. The van der Waals surface area contributed by atoms with Crippen LogP contribution in [0.3, 0.4) is 0 Å². The number of rotatable bonds is 8. The second-order valence-electron chi connectivity index (χ2n) is 3.83. The average Bonchev–Trinajstić information content (AvgIpc) is 2.08. The van der Waals surface area contributed by atoms with Gasteiger partial charge >= 0.3 is 10.4 Å². The van der Waals surface area contributed by atoms with Gasteiger partial charge in [-0.15, -0.1) is 10.1 Å². The molecule has 0 aliphatic rings. The van der Waals surface area contributed by atoms with E-state index in [1.54, 1.807) is 18.8 Å². The first kappa shape index (κ1) is 15.0. The van der Waals surface area contributed by atoms with Gasteiger partial charge in [0, 0.05) is 13.0 Å². The Balaban J connectivity index is 3.78. The summed E-state index contributed by atoms with van der Waals surface area (Å²) in [6, 6.07) is 0. The number of hydrogen-bond acceptors (Lipinski definition) is 5. The van der Waals surface area contributed by atoms with Crippen LogP contribution in [0.15, 0.2) is 0 Å². The quantitative estimate of drug-likeness (QED) is 0.157. The van der Waals surface area contributed by atoms with Crippen LogP contribution >= 0.6 is 0 Å². The summed E-state index contributed by atoms with van der Waals surface area (Å²) in [7, 11) is -1.32. The van der Waals surface area contributed by atoms with Crippen LogP contribution in [-0.4, -0.2) is 51.9 Å². The van der Waals surface area contributed by atoms with Crippen LogP contribution in [0.4, 0.5) is 3.89 Å². The zero-order valence-corrected chi connectivity index (χ0v) is 9.87. The van der Waals surface area contributed by atoms with Crippen molar-refractivity contribution in [3.8, 4) is 0 Å². The van der Waals surface area contributed by atoms with Crippen LogP contribution in [0, 0.1) is 10.1 Å². The summed E-state index contributed by atoms with van der Waals surface area (Å²) in [6.07, 6.45) is 0.344. The highest BCUT2D eigenvalue weighted by molar-refractivity contribution is 7.84. The van der Waals surface area contributed by atoms with Crippen molar-refractivity contribution in [3.63, 3.8) is 0 Å². The van der Waals surface area contributed by atoms with Gasteiger partial charge in [-0.3, -0.25) is 4.84 Å². The number of nitrogens with zero attached hydrogens (tertiary/aromatic N) is 2. The Morgan fingerprint density at radius 2 is 2.06 bits per heavy atom. The van der Waals surface area contributed by atoms with Crippen LogP contribution < -0.4 is 4.72 Å². The molecule has 8 nitrogen and oxygen atoms in total. The normalized spacial score (nSPS) is 12.4. The molecule has 0 rings (SSSR count). The van der Waals surface area contributed by atoms with E-state index in [9.17, 15) is 22.4 Å². The molecule has 0 aromatic heterocycles. The van der Waals surface area contributed by atoms with Crippen molar-refractivity contribution in [2.75, 3.05) is 33.9 Å². The van der Waals surface area contributed by atoms with E-state index in [-0.39, 0.29) is 17.8 Å². The van der Waals surface area contributed by atoms with Gasteiger partial charge in [-0.25, -0.2) is 0 Å². The summed E-state index contributed by atoms with van der Waals surface area (Å²) in [5.74, 6) is 0. The van der Waals surface area contributed by atoms with Crippen molar-refractivity contribution < 1.29 is 26.7 Å². The van der Waals surface area contributed by atoms with E-state index < -0.39 is 15.5 Å². The lowest BCUT2D eigenvalue weighted by Gasteiger charge is -2.27. The van der Waals surface area contributed by atoms with Crippen LogP contribution in [0.25, 0.3) is 0 Å². The van der Waals surface area contributed by atoms with E-state index in [4.69, 9.17) is 0 Å². The van der Waals surface area contributed by atoms with E-state index >= 15 is 0 Å². The number of halogens is 1. The van der Waals surface area contributed by atoms with Crippen LogP contribution in [0.1, 0.15) is 6.42 Å². The highest BCUT2D eigenvalue weighted by atomic mass is 32.3. The maximum absolute atomic E-state index is 12.0. The maximum atomic E-state index is 12.0. The molecular formula is C6H15FN3O5S+. The van der Waals surface area contributed by atoms with Crippen LogP contribution in [-0.2, 0) is 15.2 Å². The molecular weight excluding hydrogens is 245 g/mol. The fraction of sp³-hybridized carbons (Fsp3) is 1.00. The Bertz CT molecular complexity index is 331. The molecule has 0 heterocycles. The Morgan fingerprint density at radius 3 is 2.50 bits per heavy atom. The average molecular weight is 260 g/mol. The number of quaternary nitrogens is 1. The molecule has 0 aromatic rings. The minimum atomic E-state index is -4.66. The summed E-state index contributed by atoms with van der Waals surface area (Å²) >= 11 is 0. The van der Waals surface area contributed by atoms with Gasteiger partial charge in [0.25, 0.3) is 5.09 Å². The Labute approximate surface area is 93.0 Å². The standard InChI is InChI=1S/C6H15FN3O5S/c1-10(2,6-15-9(11)12)5-3-4-8-16(7,13)14/h8H,3-6H2,1-2H3/q+1. The van der Waals surface area contributed by atoms with E-state index in [1.807, 2.05) is 0 Å². The number of hydrogen-bond donors (Lipinski definition) is 1. The van der Waals surface area contributed by atoms with Crippen LogP contribution in [0.5, 0.6) is 0 Å². The van der Waals surface area contributed by atoms with Crippen LogP contribution in [0.2, 0.25) is 0 Å².